The minimum Gasteiger partial charge on any atom is -0.494 e. The highest BCUT2D eigenvalue weighted by molar-refractivity contribution is 5.96. The predicted molar refractivity (Wildman–Crippen MR) is 94.8 cm³/mol. The van der Waals surface area contributed by atoms with E-state index in [-0.39, 0.29) is 17.2 Å². The summed E-state index contributed by atoms with van der Waals surface area (Å²) in [7, 11) is 1.35. The van der Waals surface area contributed by atoms with Gasteiger partial charge < -0.3 is 14.8 Å². The second-order valence-electron chi connectivity index (χ2n) is 5.47. The predicted octanol–water partition coefficient (Wildman–Crippen LogP) is 3.21. The van der Waals surface area contributed by atoms with Crippen LogP contribution in [0.1, 0.15) is 24.2 Å². The van der Waals surface area contributed by atoms with Crippen molar-refractivity contribution in [2.24, 2.45) is 0 Å². The van der Waals surface area contributed by atoms with Crippen molar-refractivity contribution in [3.8, 4) is 11.5 Å². The van der Waals surface area contributed by atoms with Gasteiger partial charge in [-0.2, -0.15) is 0 Å². The van der Waals surface area contributed by atoms with Crippen LogP contribution < -0.4 is 14.8 Å². The lowest BCUT2D eigenvalue weighted by Crippen LogP contribution is -2.30. The Kier molecular flexibility index (Phi) is 5.90. The highest BCUT2D eigenvalue weighted by atomic mass is 16.6. The number of benzene rings is 2. The third-order valence-electron chi connectivity index (χ3n) is 3.60. The summed E-state index contributed by atoms with van der Waals surface area (Å²) in [5, 5.41) is 13.4. The first-order chi connectivity index (χ1) is 12.3. The molecule has 1 atom stereocenters. The van der Waals surface area contributed by atoms with Crippen molar-refractivity contribution >= 4 is 23.1 Å². The molecule has 26 heavy (non-hydrogen) atoms. The van der Waals surface area contributed by atoms with Gasteiger partial charge in [0, 0.05) is 11.6 Å². The van der Waals surface area contributed by atoms with Crippen molar-refractivity contribution in [3.63, 3.8) is 0 Å². The molecule has 1 amide bonds. The van der Waals surface area contributed by atoms with E-state index in [0.717, 1.165) is 0 Å². The third kappa shape index (κ3) is 4.56. The van der Waals surface area contributed by atoms with E-state index in [0.29, 0.717) is 17.0 Å². The van der Waals surface area contributed by atoms with Crippen LogP contribution in [0.4, 0.5) is 11.4 Å². The van der Waals surface area contributed by atoms with E-state index in [4.69, 9.17) is 9.47 Å². The van der Waals surface area contributed by atoms with Crippen LogP contribution in [-0.4, -0.2) is 29.8 Å². The Balaban J connectivity index is 2.06. The second kappa shape index (κ2) is 8.11. The average molecular weight is 358 g/mol. The molecule has 0 aliphatic rings. The van der Waals surface area contributed by atoms with Crippen molar-refractivity contribution < 1.29 is 24.0 Å². The lowest BCUT2D eigenvalue weighted by atomic mass is 10.1. The molecule has 0 radical (unpaired) electrons. The van der Waals surface area contributed by atoms with Gasteiger partial charge in [0.05, 0.1) is 23.8 Å². The highest BCUT2D eigenvalue weighted by Crippen LogP contribution is 2.29. The van der Waals surface area contributed by atoms with Crippen molar-refractivity contribution in [1.82, 2.24) is 0 Å². The summed E-state index contributed by atoms with van der Waals surface area (Å²) in [5.74, 6) is 0.0966. The number of non-ortho nitro benzene ring substituents is 1. The molecule has 2 rings (SSSR count). The molecule has 0 heterocycles. The first-order valence-corrected chi connectivity index (χ1v) is 7.72. The van der Waals surface area contributed by atoms with Gasteiger partial charge in [0.2, 0.25) is 0 Å². The van der Waals surface area contributed by atoms with Crippen molar-refractivity contribution in [1.29, 1.82) is 0 Å². The SMILES string of the molecule is COc1cc([N+](=O)[O-])ccc1NC(=O)[C@@H](C)Oc1ccc(C(C)=O)cc1. The number of ketones is 1. The molecule has 136 valence electrons. The number of rotatable bonds is 7. The summed E-state index contributed by atoms with van der Waals surface area (Å²) in [6.07, 6.45) is -0.835. The van der Waals surface area contributed by atoms with Gasteiger partial charge >= 0.3 is 0 Å². The summed E-state index contributed by atoms with van der Waals surface area (Å²) >= 11 is 0. The number of amides is 1. The summed E-state index contributed by atoms with van der Waals surface area (Å²) < 4.78 is 10.6. The summed E-state index contributed by atoms with van der Waals surface area (Å²) in [6.45, 7) is 3.02. The number of carbonyl (C=O) groups excluding carboxylic acids is 2. The molecule has 0 aromatic heterocycles. The summed E-state index contributed by atoms with van der Waals surface area (Å²) in [6, 6.07) is 10.3. The molecule has 0 fully saturated rings. The Morgan fingerprint density at radius 1 is 1.15 bits per heavy atom. The van der Waals surface area contributed by atoms with E-state index >= 15 is 0 Å². The number of nitro benzene ring substituents is 1. The number of methoxy groups -OCH3 is 1. The fraction of sp³-hybridized carbons (Fsp3) is 0.222. The van der Waals surface area contributed by atoms with Crippen LogP contribution in [0.2, 0.25) is 0 Å². The van der Waals surface area contributed by atoms with Crippen LogP contribution in [0.3, 0.4) is 0 Å². The van der Waals surface area contributed by atoms with Crippen LogP contribution in [0.25, 0.3) is 0 Å². The van der Waals surface area contributed by atoms with Crippen molar-refractivity contribution in [2.75, 3.05) is 12.4 Å². The Morgan fingerprint density at radius 2 is 1.81 bits per heavy atom. The van der Waals surface area contributed by atoms with E-state index in [9.17, 15) is 19.7 Å². The molecule has 0 saturated heterocycles. The number of hydrogen-bond acceptors (Lipinski definition) is 6. The fourth-order valence-corrected chi connectivity index (χ4v) is 2.16. The number of ether oxygens (including phenoxy) is 2. The fourth-order valence-electron chi connectivity index (χ4n) is 2.16. The number of nitrogens with one attached hydrogen (secondary N) is 1. The highest BCUT2D eigenvalue weighted by Gasteiger charge is 2.18. The lowest BCUT2D eigenvalue weighted by molar-refractivity contribution is -0.384. The van der Waals surface area contributed by atoms with Gasteiger partial charge in [-0.05, 0) is 44.2 Å². The standard InChI is InChI=1S/C18H18N2O6/c1-11(21)13-4-7-15(8-5-13)26-12(2)18(22)19-16-9-6-14(20(23)24)10-17(16)25-3/h4-10,12H,1-3H3,(H,19,22)/t12-/m1/s1. The largest absolute Gasteiger partial charge is 0.494 e. The van der Waals surface area contributed by atoms with Gasteiger partial charge in [0.15, 0.2) is 11.9 Å². The zero-order chi connectivity index (χ0) is 19.3. The molecule has 0 aliphatic carbocycles. The summed E-state index contributed by atoms with van der Waals surface area (Å²) in [5.41, 5.74) is 0.699. The summed E-state index contributed by atoms with van der Waals surface area (Å²) in [4.78, 5) is 33.8. The molecule has 0 bridgehead atoms. The maximum atomic E-state index is 12.3. The molecule has 8 nitrogen and oxygen atoms in total. The number of nitrogens with zero attached hydrogens (tertiary/aromatic N) is 1. The molecule has 2 aromatic carbocycles. The quantitative estimate of drug-likeness (QED) is 0.462. The molecule has 0 aliphatic heterocycles. The van der Waals surface area contributed by atoms with Crippen LogP contribution in [-0.2, 0) is 4.79 Å². The smallest absolute Gasteiger partial charge is 0.273 e. The zero-order valence-electron chi connectivity index (χ0n) is 14.5. The molecule has 8 heteroatoms. The van der Waals surface area contributed by atoms with Gasteiger partial charge in [-0.3, -0.25) is 19.7 Å². The van der Waals surface area contributed by atoms with Crippen LogP contribution in [0.15, 0.2) is 42.5 Å². The average Bonchev–Trinajstić information content (AvgIpc) is 2.62. The second-order valence-corrected chi connectivity index (χ2v) is 5.47. The number of anilines is 1. The molecule has 2 aromatic rings. The maximum absolute atomic E-state index is 12.3. The van der Waals surface area contributed by atoms with E-state index in [1.165, 1.54) is 32.2 Å². The van der Waals surface area contributed by atoms with Gasteiger partial charge in [0.1, 0.15) is 11.5 Å². The first kappa shape index (κ1) is 18.9. The number of hydrogen-bond donors (Lipinski definition) is 1. The van der Waals surface area contributed by atoms with Crippen LogP contribution in [0.5, 0.6) is 11.5 Å². The van der Waals surface area contributed by atoms with Gasteiger partial charge in [-0.15, -0.1) is 0 Å². The normalized spacial score (nSPS) is 11.3. The molecule has 0 unspecified atom stereocenters. The molecule has 0 saturated carbocycles. The van der Waals surface area contributed by atoms with E-state index < -0.39 is 16.9 Å². The topological polar surface area (TPSA) is 108 Å². The maximum Gasteiger partial charge on any atom is 0.273 e. The Morgan fingerprint density at radius 3 is 2.35 bits per heavy atom. The lowest BCUT2D eigenvalue weighted by Gasteiger charge is -2.16. The minimum atomic E-state index is -0.835. The molecular weight excluding hydrogens is 340 g/mol. The Hall–Kier alpha value is -3.42. The zero-order valence-corrected chi connectivity index (χ0v) is 14.5. The number of carbonyl (C=O) groups is 2. The monoisotopic (exact) mass is 358 g/mol. The number of Topliss-reactive ketones (excluding diaryl/α,β-unsaturated/α-hetero) is 1. The van der Waals surface area contributed by atoms with Gasteiger partial charge in [-0.1, -0.05) is 0 Å². The van der Waals surface area contributed by atoms with Crippen molar-refractivity contribution in [2.45, 2.75) is 20.0 Å². The Labute approximate surface area is 149 Å². The number of nitro groups is 1. The first-order valence-electron chi connectivity index (χ1n) is 7.72. The van der Waals surface area contributed by atoms with Crippen LogP contribution >= 0.6 is 0 Å². The van der Waals surface area contributed by atoms with E-state index in [1.54, 1.807) is 31.2 Å². The van der Waals surface area contributed by atoms with E-state index in [1.807, 2.05) is 0 Å². The van der Waals surface area contributed by atoms with E-state index in [2.05, 4.69) is 5.32 Å². The molecular formula is C18H18N2O6. The van der Waals surface area contributed by atoms with Gasteiger partial charge in [-0.25, -0.2) is 0 Å². The Bertz CT molecular complexity index is 832. The minimum absolute atomic E-state index is 0.0624. The van der Waals surface area contributed by atoms with Crippen LogP contribution in [0, 0.1) is 10.1 Å². The molecule has 1 N–H and O–H groups in total. The van der Waals surface area contributed by atoms with Gasteiger partial charge in [0.25, 0.3) is 11.6 Å². The van der Waals surface area contributed by atoms with Crippen molar-refractivity contribution in [3.05, 3.63) is 58.1 Å². The third-order valence-corrected chi connectivity index (χ3v) is 3.60. The molecule has 0 spiro atoms.